The molecule has 1 saturated carbocycles. The summed E-state index contributed by atoms with van der Waals surface area (Å²) in [5.74, 6) is 0.0949. The van der Waals surface area contributed by atoms with Gasteiger partial charge in [0.2, 0.25) is 5.91 Å². The molecule has 0 aromatic carbocycles. The average Bonchev–Trinajstić information content (AvgIpc) is 2.12. The number of amides is 1. The van der Waals surface area contributed by atoms with E-state index in [1.807, 2.05) is 0 Å². The van der Waals surface area contributed by atoms with Gasteiger partial charge in [-0.05, 0) is 12.8 Å². The van der Waals surface area contributed by atoms with Crippen LogP contribution in [0.2, 0.25) is 0 Å². The molecule has 0 spiro atoms. The van der Waals surface area contributed by atoms with E-state index in [4.69, 9.17) is 5.73 Å². The topological polar surface area (TPSA) is 43.1 Å². The summed E-state index contributed by atoms with van der Waals surface area (Å²) in [6, 6.07) is 0. The predicted molar refractivity (Wildman–Crippen MR) is 38.3 cm³/mol. The molecule has 0 aromatic heterocycles. The number of carbonyl (C=O) groups is 1. The van der Waals surface area contributed by atoms with Gasteiger partial charge in [-0.1, -0.05) is 12.8 Å². The molecule has 0 aromatic rings. The Kier molecular flexibility index (Phi) is 4.01. The van der Waals surface area contributed by atoms with Gasteiger partial charge in [-0.2, -0.15) is 0 Å². The van der Waals surface area contributed by atoms with Crippen molar-refractivity contribution < 1.29 is 4.79 Å². The first-order valence-electron chi connectivity index (χ1n) is 3.10. The van der Waals surface area contributed by atoms with Crippen LogP contribution in [0.5, 0.6) is 0 Å². The Morgan fingerprint density at radius 3 is 2.00 bits per heavy atom. The van der Waals surface area contributed by atoms with Crippen LogP contribution in [0.4, 0.5) is 0 Å². The third kappa shape index (κ3) is 2.42. The molecular weight excluding hydrogens is 109 g/mol. The van der Waals surface area contributed by atoms with Gasteiger partial charge in [0.05, 0.1) is 0 Å². The molecule has 1 fully saturated rings. The number of hydrogen-bond acceptors (Lipinski definition) is 1. The molecule has 2 nitrogen and oxygen atoms in total. The molecule has 3 heteroatoms. The Balaban J connectivity index is 0.000000640. The minimum atomic E-state index is -0.109. The van der Waals surface area contributed by atoms with E-state index in [9.17, 15) is 4.79 Å². The number of rotatable bonds is 1. The van der Waals surface area contributed by atoms with E-state index in [1.165, 1.54) is 12.8 Å². The van der Waals surface area contributed by atoms with Crippen molar-refractivity contribution in [1.82, 2.24) is 0 Å². The van der Waals surface area contributed by atoms with Crippen LogP contribution in [0.15, 0.2) is 0 Å². The zero-order valence-electron chi connectivity index (χ0n) is 4.89. The second-order valence-corrected chi connectivity index (χ2v) is 2.38. The monoisotopic (exact) mass is 121 g/mol. The van der Waals surface area contributed by atoms with Crippen molar-refractivity contribution in [3.05, 3.63) is 0 Å². The summed E-state index contributed by atoms with van der Waals surface area (Å²) in [6.07, 6.45) is 4.42. The SMILES string of the molecule is NC(=O)C1CCCC1.[LiH]. The Labute approximate surface area is 67.4 Å². The summed E-state index contributed by atoms with van der Waals surface area (Å²) in [5.41, 5.74) is 5.06. The Hall–Kier alpha value is 0.0674. The van der Waals surface area contributed by atoms with Crippen LogP contribution >= 0.6 is 0 Å². The van der Waals surface area contributed by atoms with E-state index in [-0.39, 0.29) is 30.7 Å². The zero-order valence-corrected chi connectivity index (χ0v) is 4.89. The second kappa shape index (κ2) is 3.98. The van der Waals surface area contributed by atoms with Crippen LogP contribution in [0, 0.1) is 5.92 Å². The summed E-state index contributed by atoms with van der Waals surface area (Å²) in [7, 11) is 0. The van der Waals surface area contributed by atoms with Crippen LogP contribution in [-0.4, -0.2) is 24.8 Å². The van der Waals surface area contributed by atoms with Crippen LogP contribution in [0.1, 0.15) is 25.7 Å². The van der Waals surface area contributed by atoms with Crippen LogP contribution < -0.4 is 5.73 Å². The molecule has 0 unspecified atom stereocenters. The number of primary amides is 1. The summed E-state index contributed by atoms with van der Waals surface area (Å²) in [4.78, 5) is 10.4. The van der Waals surface area contributed by atoms with Crippen LogP contribution in [-0.2, 0) is 4.79 Å². The molecular formula is C6H12LiNO. The molecule has 48 valence electrons. The molecule has 1 aliphatic rings. The standard InChI is InChI=1S/C6H11NO.Li.H/c7-6(8)5-3-1-2-4-5;;/h5H,1-4H2,(H2,7,8);;. The molecule has 2 N–H and O–H groups in total. The molecule has 1 amide bonds. The molecule has 0 bridgehead atoms. The van der Waals surface area contributed by atoms with Crippen molar-refractivity contribution in [3.8, 4) is 0 Å². The van der Waals surface area contributed by atoms with Gasteiger partial charge in [-0.25, -0.2) is 0 Å². The van der Waals surface area contributed by atoms with E-state index in [1.54, 1.807) is 0 Å². The minimum absolute atomic E-state index is 0. The van der Waals surface area contributed by atoms with Crippen molar-refractivity contribution in [1.29, 1.82) is 0 Å². The van der Waals surface area contributed by atoms with Gasteiger partial charge in [-0.15, -0.1) is 0 Å². The first-order chi connectivity index (χ1) is 3.80. The molecule has 0 radical (unpaired) electrons. The summed E-state index contributed by atoms with van der Waals surface area (Å²) in [5, 5.41) is 0. The van der Waals surface area contributed by atoms with E-state index < -0.39 is 0 Å². The fraction of sp³-hybridized carbons (Fsp3) is 0.833. The number of hydrogen-bond donors (Lipinski definition) is 1. The third-order valence-corrected chi connectivity index (χ3v) is 1.76. The van der Waals surface area contributed by atoms with E-state index in [0.29, 0.717) is 0 Å². The molecule has 1 aliphatic carbocycles. The van der Waals surface area contributed by atoms with Crippen LogP contribution in [0.3, 0.4) is 0 Å². The molecule has 0 heterocycles. The maximum atomic E-state index is 10.4. The Morgan fingerprint density at radius 2 is 1.78 bits per heavy atom. The number of carbonyl (C=O) groups excluding carboxylic acids is 1. The third-order valence-electron chi connectivity index (χ3n) is 1.76. The van der Waals surface area contributed by atoms with Gasteiger partial charge in [0, 0.05) is 5.92 Å². The van der Waals surface area contributed by atoms with Crippen molar-refractivity contribution in [2.75, 3.05) is 0 Å². The Morgan fingerprint density at radius 1 is 1.33 bits per heavy atom. The van der Waals surface area contributed by atoms with Crippen molar-refractivity contribution in [3.63, 3.8) is 0 Å². The first kappa shape index (κ1) is 9.07. The van der Waals surface area contributed by atoms with Gasteiger partial charge in [0.1, 0.15) is 0 Å². The fourth-order valence-electron chi connectivity index (χ4n) is 1.21. The predicted octanol–water partition coefficient (Wildman–Crippen LogP) is 0.0134. The summed E-state index contributed by atoms with van der Waals surface area (Å²) in [6.45, 7) is 0. The van der Waals surface area contributed by atoms with E-state index in [0.717, 1.165) is 12.8 Å². The molecule has 0 atom stereocenters. The molecule has 9 heavy (non-hydrogen) atoms. The maximum absolute atomic E-state index is 10.4. The van der Waals surface area contributed by atoms with Gasteiger partial charge in [-0.3, -0.25) is 4.79 Å². The van der Waals surface area contributed by atoms with Gasteiger partial charge in [0.25, 0.3) is 0 Å². The summed E-state index contributed by atoms with van der Waals surface area (Å²) < 4.78 is 0. The fourth-order valence-corrected chi connectivity index (χ4v) is 1.21. The first-order valence-corrected chi connectivity index (χ1v) is 3.10. The van der Waals surface area contributed by atoms with Gasteiger partial charge in [0.15, 0.2) is 0 Å². The zero-order chi connectivity index (χ0) is 5.98. The van der Waals surface area contributed by atoms with E-state index in [2.05, 4.69) is 0 Å². The van der Waals surface area contributed by atoms with Crippen LogP contribution in [0.25, 0.3) is 0 Å². The van der Waals surface area contributed by atoms with Crippen molar-refractivity contribution in [2.45, 2.75) is 25.7 Å². The Bertz CT molecular complexity index is 99.2. The average molecular weight is 121 g/mol. The normalized spacial score (nSPS) is 19.1. The summed E-state index contributed by atoms with van der Waals surface area (Å²) >= 11 is 0. The molecule has 0 saturated heterocycles. The quantitative estimate of drug-likeness (QED) is 0.488. The molecule has 1 rings (SSSR count). The molecule has 0 aliphatic heterocycles. The van der Waals surface area contributed by atoms with Gasteiger partial charge < -0.3 is 5.73 Å². The van der Waals surface area contributed by atoms with E-state index >= 15 is 0 Å². The van der Waals surface area contributed by atoms with Crippen molar-refractivity contribution >= 4 is 24.8 Å². The second-order valence-electron chi connectivity index (χ2n) is 2.38. The number of nitrogens with two attached hydrogens (primary N) is 1. The van der Waals surface area contributed by atoms with Gasteiger partial charge >= 0.3 is 18.9 Å². The van der Waals surface area contributed by atoms with Crippen molar-refractivity contribution in [2.24, 2.45) is 11.7 Å².